The van der Waals surface area contributed by atoms with Crippen molar-refractivity contribution in [1.82, 2.24) is 15.1 Å². The predicted molar refractivity (Wildman–Crippen MR) is 71.4 cm³/mol. The van der Waals surface area contributed by atoms with E-state index < -0.39 is 0 Å². The second-order valence-electron chi connectivity index (χ2n) is 4.05. The number of nitrogens with two attached hydrogens (primary N) is 1. The minimum atomic E-state index is -0.263. The molecular weight excluding hydrogens is 244 g/mol. The maximum absolute atomic E-state index is 11.4. The summed E-state index contributed by atoms with van der Waals surface area (Å²) in [5, 5.41) is 6.63. The van der Waals surface area contributed by atoms with Gasteiger partial charge in [0.1, 0.15) is 0 Å². The summed E-state index contributed by atoms with van der Waals surface area (Å²) in [5.41, 5.74) is 7.58. The average Bonchev–Trinajstić information content (AvgIpc) is 2.87. The maximum Gasteiger partial charge on any atom is 0.271 e. The van der Waals surface area contributed by atoms with E-state index in [2.05, 4.69) is 10.4 Å². The zero-order valence-electron chi connectivity index (χ0n) is 10.7. The predicted octanol–water partition coefficient (Wildman–Crippen LogP) is 1.02. The largest absolute Gasteiger partial charge is 0.398 e. The summed E-state index contributed by atoms with van der Waals surface area (Å²) in [5.74, 6) is -0.376. The first-order valence-electron chi connectivity index (χ1n) is 5.71. The number of nitrogens with zero attached hydrogens (tertiary/aromatic N) is 2. The molecule has 6 heteroatoms. The molecule has 2 rings (SSSR count). The first kappa shape index (κ1) is 12.8. The summed E-state index contributed by atoms with van der Waals surface area (Å²) in [6.07, 6.45) is 1.65. The van der Waals surface area contributed by atoms with Gasteiger partial charge in [0.05, 0.1) is 5.69 Å². The third-order valence-corrected chi connectivity index (χ3v) is 2.73. The van der Waals surface area contributed by atoms with Crippen molar-refractivity contribution in [3.8, 4) is 5.69 Å². The summed E-state index contributed by atoms with van der Waals surface area (Å²) >= 11 is 0. The number of Topliss-reactive ketones (excluding diaryl/α,β-unsaturated/α-hetero) is 1. The quantitative estimate of drug-likeness (QED) is 0.635. The van der Waals surface area contributed by atoms with Crippen LogP contribution in [0.15, 0.2) is 30.5 Å². The molecule has 6 nitrogen and oxygen atoms in total. The SMILES string of the molecule is CNC(=O)c1ccn(-c2ccc(N)c(C(C)=O)c2)n1. The van der Waals surface area contributed by atoms with E-state index in [0.29, 0.717) is 22.6 Å². The number of nitrogens with one attached hydrogen (secondary N) is 1. The molecule has 3 N–H and O–H groups in total. The van der Waals surface area contributed by atoms with Gasteiger partial charge in [-0.15, -0.1) is 0 Å². The van der Waals surface area contributed by atoms with E-state index in [9.17, 15) is 9.59 Å². The van der Waals surface area contributed by atoms with Crippen LogP contribution in [0.4, 0.5) is 5.69 Å². The molecule has 98 valence electrons. The molecule has 1 amide bonds. The molecular formula is C13H14N4O2. The summed E-state index contributed by atoms with van der Waals surface area (Å²) in [7, 11) is 1.54. The number of amides is 1. The van der Waals surface area contributed by atoms with Crippen LogP contribution < -0.4 is 11.1 Å². The van der Waals surface area contributed by atoms with E-state index in [1.807, 2.05) is 0 Å². The highest BCUT2D eigenvalue weighted by atomic mass is 16.1. The number of nitrogen functional groups attached to an aromatic ring is 1. The summed E-state index contributed by atoms with van der Waals surface area (Å²) in [4.78, 5) is 22.9. The molecule has 1 heterocycles. The lowest BCUT2D eigenvalue weighted by molar-refractivity contribution is 0.0956. The second kappa shape index (κ2) is 4.93. The van der Waals surface area contributed by atoms with E-state index >= 15 is 0 Å². The monoisotopic (exact) mass is 258 g/mol. The van der Waals surface area contributed by atoms with Crippen molar-refractivity contribution < 1.29 is 9.59 Å². The molecule has 0 aliphatic heterocycles. The topological polar surface area (TPSA) is 90.0 Å². The Morgan fingerprint density at radius 2 is 2.05 bits per heavy atom. The number of rotatable bonds is 3. The van der Waals surface area contributed by atoms with Crippen molar-refractivity contribution in [1.29, 1.82) is 0 Å². The van der Waals surface area contributed by atoms with E-state index in [4.69, 9.17) is 5.73 Å². The molecule has 0 atom stereocenters. The van der Waals surface area contributed by atoms with Crippen LogP contribution in [-0.2, 0) is 0 Å². The molecule has 2 aromatic rings. The highest BCUT2D eigenvalue weighted by Crippen LogP contribution is 2.17. The maximum atomic E-state index is 11.4. The number of carbonyl (C=O) groups is 2. The van der Waals surface area contributed by atoms with Crippen molar-refractivity contribution in [2.45, 2.75) is 6.92 Å². The Labute approximate surface area is 110 Å². The van der Waals surface area contributed by atoms with Gasteiger partial charge in [0.2, 0.25) is 0 Å². The van der Waals surface area contributed by atoms with Gasteiger partial charge in [0.15, 0.2) is 11.5 Å². The zero-order chi connectivity index (χ0) is 14.0. The molecule has 0 unspecified atom stereocenters. The lowest BCUT2D eigenvalue weighted by atomic mass is 10.1. The Kier molecular flexibility index (Phi) is 3.33. The van der Waals surface area contributed by atoms with E-state index in [-0.39, 0.29) is 11.7 Å². The van der Waals surface area contributed by atoms with Crippen molar-refractivity contribution in [3.05, 3.63) is 41.7 Å². The normalized spacial score (nSPS) is 10.2. The number of carbonyl (C=O) groups excluding carboxylic acids is 2. The number of anilines is 1. The minimum absolute atomic E-state index is 0.113. The lowest BCUT2D eigenvalue weighted by Gasteiger charge is -2.06. The van der Waals surface area contributed by atoms with Gasteiger partial charge in [0, 0.05) is 24.5 Å². The standard InChI is InChI=1S/C13H14N4O2/c1-8(18)10-7-9(3-4-11(10)14)17-6-5-12(16-17)13(19)15-2/h3-7H,14H2,1-2H3,(H,15,19). The Morgan fingerprint density at radius 3 is 2.68 bits per heavy atom. The van der Waals surface area contributed by atoms with Gasteiger partial charge < -0.3 is 11.1 Å². The highest BCUT2D eigenvalue weighted by Gasteiger charge is 2.10. The van der Waals surface area contributed by atoms with Crippen LogP contribution in [0.25, 0.3) is 5.69 Å². The lowest BCUT2D eigenvalue weighted by Crippen LogP contribution is -2.18. The number of aromatic nitrogens is 2. The number of ketones is 1. The van der Waals surface area contributed by atoms with Gasteiger partial charge >= 0.3 is 0 Å². The third kappa shape index (κ3) is 2.47. The third-order valence-electron chi connectivity index (χ3n) is 2.73. The second-order valence-corrected chi connectivity index (χ2v) is 4.05. The Bertz CT molecular complexity index is 646. The van der Waals surface area contributed by atoms with Gasteiger partial charge in [-0.3, -0.25) is 9.59 Å². The molecule has 0 spiro atoms. The Balaban J connectivity index is 2.42. The first-order chi connectivity index (χ1) is 9.02. The van der Waals surface area contributed by atoms with E-state index in [1.54, 1.807) is 37.5 Å². The highest BCUT2D eigenvalue weighted by molar-refractivity contribution is 5.99. The fourth-order valence-electron chi connectivity index (χ4n) is 1.71. The van der Waals surface area contributed by atoms with Crippen LogP contribution in [0.2, 0.25) is 0 Å². The van der Waals surface area contributed by atoms with Gasteiger partial charge in [-0.05, 0) is 31.2 Å². The summed E-state index contributed by atoms with van der Waals surface area (Å²) < 4.78 is 1.52. The Morgan fingerprint density at radius 1 is 1.32 bits per heavy atom. The molecule has 0 saturated heterocycles. The smallest absolute Gasteiger partial charge is 0.271 e. The Hall–Kier alpha value is -2.63. The van der Waals surface area contributed by atoms with Gasteiger partial charge in [-0.2, -0.15) is 5.10 Å². The van der Waals surface area contributed by atoms with Crippen LogP contribution in [0.5, 0.6) is 0 Å². The number of hydrogen-bond acceptors (Lipinski definition) is 4. The average molecular weight is 258 g/mol. The summed E-state index contributed by atoms with van der Waals surface area (Å²) in [6, 6.07) is 6.64. The van der Waals surface area contributed by atoms with E-state index in [1.165, 1.54) is 11.6 Å². The number of hydrogen-bond donors (Lipinski definition) is 2. The van der Waals surface area contributed by atoms with Crippen molar-refractivity contribution in [2.24, 2.45) is 0 Å². The molecule has 0 radical (unpaired) electrons. The van der Waals surface area contributed by atoms with Crippen LogP contribution >= 0.6 is 0 Å². The minimum Gasteiger partial charge on any atom is -0.398 e. The van der Waals surface area contributed by atoms with Crippen molar-refractivity contribution >= 4 is 17.4 Å². The molecule has 1 aromatic heterocycles. The van der Waals surface area contributed by atoms with Crippen LogP contribution in [0.3, 0.4) is 0 Å². The molecule has 19 heavy (non-hydrogen) atoms. The van der Waals surface area contributed by atoms with Gasteiger partial charge in [-0.1, -0.05) is 0 Å². The van der Waals surface area contributed by atoms with Gasteiger partial charge in [0.25, 0.3) is 5.91 Å². The van der Waals surface area contributed by atoms with Crippen LogP contribution in [-0.4, -0.2) is 28.5 Å². The molecule has 0 saturated carbocycles. The first-order valence-corrected chi connectivity index (χ1v) is 5.71. The number of benzene rings is 1. The fourth-order valence-corrected chi connectivity index (χ4v) is 1.71. The zero-order valence-corrected chi connectivity index (χ0v) is 10.7. The molecule has 0 bridgehead atoms. The summed E-state index contributed by atoms with van der Waals surface area (Å²) in [6.45, 7) is 1.45. The molecule has 0 aliphatic carbocycles. The van der Waals surface area contributed by atoms with Gasteiger partial charge in [-0.25, -0.2) is 4.68 Å². The van der Waals surface area contributed by atoms with Crippen molar-refractivity contribution in [2.75, 3.05) is 12.8 Å². The molecule has 0 fully saturated rings. The van der Waals surface area contributed by atoms with Crippen molar-refractivity contribution in [3.63, 3.8) is 0 Å². The molecule has 1 aromatic carbocycles. The fraction of sp³-hybridized carbons (Fsp3) is 0.154. The molecule has 0 aliphatic rings. The van der Waals surface area contributed by atoms with Crippen LogP contribution in [0.1, 0.15) is 27.8 Å². The van der Waals surface area contributed by atoms with E-state index in [0.717, 1.165) is 0 Å². The van der Waals surface area contributed by atoms with Crippen LogP contribution in [0, 0.1) is 0 Å².